The number of aliphatic hydroxyl groups is 1. The van der Waals surface area contributed by atoms with Crippen LogP contribution in [0.5, 0.6) is 0 Å². The maximum Gasteiger partial charge on any atom is 0.124 e. The van der Waals surface area contributed by atoms with E-state index in [-0.39, 0.29) is 5.92 Å². The van der Waals surface area contributed by atoms with E-state index >= 15 is 0 Å². The molecule has 11 heavy (non-hydrogen) atoms. The van der Waals surface area contributed by atoms with E-state index in [1.807, 2.05) is 0 Å². The van der Waals surface area contributed by atoms with Gasteiger partial charge >= 0.3 is 0 Å². The molecule has 0 radical (unpaired) electrons. The molecular weight excluding hydrogens is 164 g/mol. The number of aliphatic hydroxyl groups excluding tert-OH is 1. The average Bonchev–Trinajstić information content (AvgIpc) is 2.01. The molecule has 1 fully saturated rings. The number of hydrogen-bond donors (Lipinski definition) is 1. The molecule has 0 aromatic carbocycles. The van der Waals surface area contributed by atoms with E-state index in [0.717, 1.165) is 11.9 Å². The molecule has 1 aliphatic carbocycles. The highest BCUT2D eigenvalue weighted by Crippen LogP contribution is 2.30. The average molecular weight is 175 g/mol. The fourth-order valence-electron chi connectivity index (χ4n) is 1.26. The van der Waals surface area contributed by atoms with Crippen molar-refractivity contribution in [2.24, 2.45) is 5.92 Å². The molecule has 0 amide bonds. The van der Waals surface area contributed by atoms with Crippen LogP contribution in [0.4, 0.5) is 0 Å². The van der Waals surface area contributed by atoms with Crippen molar-refractivity contribution in [1.29, 1.82) is 0 Å². The van der Waals surface area contributed by atoms with E-state index < -0.39 is 11.5 Å². The number of hydrogen-bond acceptors (Lipinski definition) is 2. The normalized spacial score (nSPS) is 38.7. The van der Waals surface area contributed by atoms with Crippen molar-refractivity contribution in [3.8, 4) is 0 Å². The van der Waals surface area contributed by atoms with Gasteiger partial charge in [-0.1, -0.05) is 6.58 Å². The summed E-state index contributed by atoms with van der Waals surface area (Å²) in [5.74, 6) is -0.211. The van der Waals surface area contributed by atoms with Crippen molar-refractivity contribution in [3.63, 3.8) is 0 Å². The van der Waals surface area contributed by atoms with Gasteiger partial charge < -0.3 is 9.90 Å². The molecule has 62 valence electrons. The fraction of sp³-hybridized carbons (Fsp3) is 0.625. The number of halogens is 1. The third-order valence-electron chi connectivity index (χ3n) is 2.10. The van der Waals surface area contributed by atoms with E-state index in [9.17, 15) is 9.90 Å². The highest BCUT2D eigenvalue weighted by atomic mass is 35.5. The van der Waals surface area contributed by atoms with Crippen molar-refractivity contribution in [3.05, 3.63) is 12.2 Å². The largest absolute Gasteiger partial charge is 0.387 e. The van der Waals surface area contributed by atoms with Crippen LogP contribution in [0.15, 0.2) is 12.2 Å². The van der Waals surface area contributed by atoms with Crippen LogP contribution >= 0.6 is 11.6 Å². The Kier molecular flexibility index (Phi) is 2.68. The first-order valence-electron chi connectivity index (χ1n) is 3.62. The summed E-state index contributed by atoms with van der Waals surface area (Å²) in [6.07, 6.45) is 1.52. The summed E-state index contributed by atoms with van der Waals surface area (Å²) in [7, 11) is 0. The van der Waals surface area contributed by atoms with Crippen LogP contribution in [0, 0.1) is 5.92 Å². The minimum atomic E-state index is -0.708. The van der Waals surface area contributed by atoms with Crippen molar-refractivity contribution in [1.82, 2.24) is 0 Å². The predicted octanol–water partition coefficient (Wildman–Crippen LogP) is 1.12. The van der Waals surface area contributed by atoms with Crippen molar-refractivity contribution < 1.29 is 9.90 Å². The van der Waals surface area contributed by atoms with Crippen LogP contribution in [0.3, 0.4) is 0 Å². The first-order valence-corrected chi connectivity index (χ1v) is 4.05. The lowest BCUT2D eigenvalue weighted by Crippen LogP contribution is -2.35. The highest BCUT2D eigenvalue weighted by Gasteiger charge is 2.32. The zero-order chi connectivity index (χ0) is 8.43. The van der Waals surface area contributed by atoms with Gasteiger partial charge in [-0.05, 0) is 18.4 Å². The molecule has 1 rings (SSSR count). The monoisotopic (exact) mass is 174 g/mol. The third-order valence-corrected chi connectivity index (χ3v) is 2.66. The van der Waals surface area contributed by atoms with Crippen LogP contribution < -0.4 is 0 Å². The lowest BCUT2D eigenvalue weighted by molar-refractivity contribution is -0.112. The van der Waals surface area contributed by atoms with Gasteiger partial charge in [0.15, 0.2) is 0 Å². The molecule has 0 spiro atoms. The molecule has 1 saturated carbocycles. The van der Waals surface area contributed by atoms with Crippen LogP contribution in [0.1, 0.15) is 12.8 Å². The van der Waals surface area contributed by atoms with E-state index in [4.69, 9.17) is 11.6 Å². The van der Waals surface area contributed by atoms with E-state index in [0.29, 0.717) is 12.8 Å². The van der Waals surface area contributed by atoms with Crippen molar-refractivity contribution in [2.45, 2.75) is 24.3 Å². The molecule has 0 aliphatic heterocycles. The topological polar surface area (TPSA) is 37.3 Å². The molecule has 0 heterocycles. The summed E-state index contributed by atoms with van der Waals surface area (Å²) < 4.78 is 0. The highest BCUT2D eigenvalue weighted by molar-refractivity contribution is 6.22. The Morgan fingerprint density at radius 3 is 2.91 bits per heavy atom. The van der Waals surface area contributed by atoms with E-state index in [1.54, 1.807) is 0 Å². The number of aldehydes is 1. The molecule has 2 nitrogen and oxygen atoms in total. The maximum atomic E-state index is 10.4. The van der Waals surface area contributed by atoms with Gasteiger partial charge in [0.25, 0.3) is 0 Å². The number of rotatable bonds is 1. The smallest absolute Gasteiger partial charge is 0.124 e. The molecule has 0 aromatic heterocycles. The minimum Gasteiger partial charge on any atom is -0.387 e. The van der Waals surface area contributed by atoms with Gasteiger partial charge in [-0.2, -0.15) is 0 Å². The lowest BCUT2D eigenvalue weighted by Gasteiger charge is -2.29. The molecule has 1 aliphatic rings. The Labute approximate surface area is 70.9 Å². The second kappa shape index (κ2) is 3.37. The summed E-state index contributed by atoms with van der Waals surface area (Å²) in [5, 5.41) is 8.88. The van der Waals surface area contributed by atoms with Gasteiger partial charge in [-0.15, -0.1) is 11.6 Å². The fourth-order valence-corrected chi connectivity index (χ4v) is 1.63. The van der Waals surface area contributed by atoms with Crippen molar-refractivity contribution >= 4 is 17.9 Å². The molecule has 0 saturated heterocycles. The molecule has 1 N–H and O–H groups in total. The first kappa shape index (κ1) is 8.75. The Bertz CT molecular complexity index is 177. The van der Waals surface area contributed by atoms with E-state index in [2.05, 4.69) is 6.58 Å². The van der Waals surface area contributed by atoms with Crippen LogP contribution in [0.25, 0.3) is 0 Å². The molecule has 3 atom stereocenters. The van der Waals surface area contributed by atoms with Crippen LogP contribution in [-0.2, 0) is 4.79 Å². The Morgan fingerprint density at radius 2 is 2.36 bits per heavy atom. The van der Waals surface area contributed by atoms with Gasteiger partial charge in [0.05, 0.1) is 11.5 Å². The van der Waals surface area contributed by atoms with E-state index in [1.165, 1.54) is 0 Å². The number of carbonyl (C=O) groups excluding carboxylic acids is 1. The Morgan fingerprint density at radius 1 is 1.73 bits per heavy atom. The van der Waals surface area contributed by atoms with Crippen LogP contribution in [-0.4, -0.2) is 22.9 Å². The molecular formula is C8H11ClO2. The quantitative estimate of drug-likeness (QED) is 0.368. The van der Waals surface area contributed by atoms with Crippen molar-refractivity contribution in [2.75, 3.05) is 0 Å². The molecule has 3 heteroatoms. The first-order chi connectivity index (χ1) is 5.16. The number of carbonyl (C=O) groups is 1. The zero-order valence-corrected chi connectivity index (χ0v) is 6.92. The Balaban J connectivity index is 2.66. The van der Waals surface area contributed by atoms with Gasteiger partial charge in [0.2, 0.25) is 0 Å². The summed E-state index contributed by atoms with van der Waals surface area (Å²) in [4.78, 5) is 10.4. The Hall–Kier alpha value is -0.340. The number of alkyl halides is 1. The predicted molar refractivity (Wildman–Crippen MR) is 43.6 cm³/mol. The second-order valence-corrected chi connectivity index (χ2v) is 3.39. The lowest BCUT2D eigenvalue weighted by atomic mass is 9.85. The minimum absolute atomic E-state index is 0.211. The summed E-state index contributed by atoms with van der Waals surface area (Å²) in [6, 6.07) is 0. The summed E-state index contributed by atoms with van der Waals surface area (Å²) >= 11 is 5.79. The summed E-state index contributed by atoms with van der Waals surface area (Å²) in [5.41, 5.74) is 0.739. The zero-order valence-electron chi connectivity index (χ0n) is 6.16. The van der Waals surface area contributed by atoms with Gasteiger partial charge in [-0.25, -0.2) is 0 Å². The summed E-state index contributed by atoms with van der Waals surface area (Å²) in [6.45, 7) is 3.66. The maximum absolute atomic E-state index is 10.4. The standard InChI is InChI=1S/C8H11ClO2/c1-5-2-3-6(4-10)7(9)8(5)11/h4,6-8,11H,1-3H2. The SMILES string of the molecule is C=C1CCC(C=O)C(Cl)C1O. The molecule has 0 bridgehead atoms. The molecule has 0 aromatic rings. The van der Waals surface area contributed by atoms with Gasteiger partial charge in [0, 0.05) is 5.92 Å². The van der Waals surface area contributed by atoms with Gasteiger partial charge in [-0.3, -0.25) is 0 Å². The van der Waals surface area contributed by atoms with Gasteiger partial charge in [0.1, 0.15) is 6.29 Å². The second-order valence-electron chi connectivity index (χ2n) is 2.89. The molecule has 3 unspecified atom stereocenters. The third kappa shape index (κ3) is 1.63. The van der Waals surface area contributed by atoms with Crippen LogP contribution in [0.2, 0.25) is 0 Å².